The van der Waals surface area contributed by atoms with Crippen molar-refractivity contribution in [1.82, 2.24) is 10.0 Å². The summed E-state index contributed by atoms with van der Waals surface area (Å²) in [6.07, 6.45) is 3.63. The van der Waals surface area contributed by atoms with Crippen molar-refractivity contribution in [3.8, 4) is 0 Å². The predicted octanol–water partition coefficient (Wildman–Crippen LogP) is 1.80. The van der Waals surface area contributed by atoms with Crippen LogP contribution in [0.1, 0.15) is 18.4 Å². The molecule has 1 aliphatic carbocycles. The van der Waals surface area contributed by atoms with E-state index in [1.165, 1.54) is 6.26 Å². The maximum absolute atomic E-state index is 14.1. The van der Waals surface area contributed by atoms with Gasteiger partial charge >= 0.3 is 0 Å². The molecule has 2 heterocycles. The number of nitrogens with one attached hydrogen (secondary N) is 2. The van der Waals surface area contributed by atoms with Crippen LogP contribution in [-0.4, -0.2) is 32.8 Å². The summed E-state index contributed by atoms with van der Waals surface area (Å²) < 4.78 is 40.4. The Morgan fingerprint density at radius 1 is 1.43 bits per heavy atom. The van der Waals surface area contributed by atoms with Crippen molar-refractivity contribution in [2.45, 2.75) is 37.4 Å². The lowest BCUT2D eigenvalue weighted by molar-refractivity contribution is 0.0809. The van der Waals surface area contributed by atoms with Gasteiger partial charge in [0.1, 0.15) is 5.82 Å². The molecule has 2 aliphatic heterocycles. The molecule has 116 valence electrons. The van der Waals surface area contributed by atoms with Crippen LogP contribution in [0.2, 0.25) is 0 Å². The summed E-state index contributed by atoms with van der Waals surface area (Å²) in [5.41, 5.74) is 0.600. The molecule has 1 aromatic carbocycles. The summed E-state index contributed by atoms with van der Waals surface area (Å²) in [6.45, 7) is 0. The smallest absolute Gasteiger partial charge is 0.209 e. The van der Waals surface area contributed by atoms with Gasteiger partial charge in [-0.1, -0.05) is 12.1 Å². The molecule has 0 aromatic heterocycles. The van der Waals surface area contributed by atoms with Crippen molar-refractivity contribution in [2.75, 3.05) is 6.26 Å². The fraction of sp³-hybridized carbons (Fsp3) is 0.571. The number of fused-ring (bicyclic) bond motifs is 2. The minimum atomic E-state index is -3.27. The first-order chi connectivity index (χ1) is 9.83. The van der Waals surface area contributed by atoms with E-state index in [0.717, 1.165) is 12.8 Å². The van der Waals surface area contributed by atoms with Gasteiger partial charge in [-0.05, 0) is 52.7 Å². The zero-order valence-electron chi connectivity index (χ0n) is 11.6. The molecule has 0 spiro atoms. The van der Waals surface area contributed by atoms with Crippen LogP contribution >= 0.6 is 15.9 Å². The summed E-state index contributed by atoms with van der Waals surface area (Å²) in [6, 6.07) is 5.42. The SMILES string of the molecule is CS(=O)(=O)N[C@H]1C2CC(C2)N[C@H]1Cc1cccc(Br)c1F. The van der Waals surface area contributed by atoms with E-state index in [-0.39, 0.29) is 17.9 Å². The predicted molar refractivity (Wildman–Crippen MR) is 83.0 cm³/mol. The van der Waals surface area contributed by atoms with Crippen molar-refractivity contribution < 1.29 is 12.8 Å². The summed E-state index contributed by atoms with van der Waals surface area (Å²) in [7, 11) is -3.27. The van der Waals surface area contributed by atoms with Gasteiger partial charge in [-0.2, -0.15) is 0 Å². The normalized spacial score (nSPS) is 31.8. The monoisotopic (exact) mass is 376 g/mol. The number of piperidine rings is 2. The molecule has 4 rings (SSSR count). The lowest BCUT2D eigenvalue weighted by Crippen LogP contribution is -2.67. The first kappa shape index (κ1) is 15.4. The molecule has 0 unspecified atom stereocenters. The minimum Gasteiger partial charge on any atom is -0.309 e. The Morgan fingerprint density at radius 2 is 2.14 bits per heavy atom. The molecule has 0 amide bonds. The maximum atomic E-state index is 14.1. The highest BCUT2D eigenvalue weighted by Gasteiger charge is 2.46. The molecule has 2 N–H and O–H groups in total. The van der Waals surface area contributed by atoms with Crippen molar-refractivity contribution in [3.05, 3.63) is 34.1 Å². The third-order valence-electron chi connectivity index (χ3n) is 4.39. The number of hydrogen-bond donors (Lipinski definition) is 2. The van der Waals surface area contributed by atoms with Gasteiger partial charge < -0.3 is 5.32 Å². The Labute approximate surface area is 132 Å². The van der Waals surface area contributed by atoms with Crippen molar-refractivity contribution in [1.29, 1.82) is 0 Å². The average molecular weight is 377 g/mol. The highest BCUT2D eigenvalue weighted by molar-refractivity contribution is 9.10. The average Bonchev–Trinajstić information content (AvgIpc) is 2.33. The fourth-order valence-corrected chi connectivity index (χ4v) is 4.64. The molecule has 2 atom stereocenters. The van der Waals surface area contributed by atoms with Gasteiger partial charge in [0.25, 0.3) is 0 Å². The zero-order valence-corrected chi connectivity index (χ0v) is 14.0. The Bertz CT molecular complexity index is 646. The molecule has 1 saturated carbocycles. The van der Waals surface area contributed by atoms with Crippen LogP contribution in [0.25, 0.3) is 0 Å². The number of halogens is 2. The van der Waals surface area contributed by atoms with Crippen LogP contribution < -0.4 is 10.0 Å². The Hall–Kier alpha value is -0.500. The second-order valence-electron chi connectivity index (χ2n) is 6.03. The van der Waals surface area contributed by atoms with Gasteiger partial charge in [0.15, 0.2) is 0 Å². The molecular formula is C14H18BrFN2O2S. The summed E-state index contributed by atoms with van der Waals surface area (Å²) in [4.78, 5) is 0. The van der Waals surface area contributed by atoms with Gasteiger partial charge in [0, 0.05) is 18.1 Å². The molecular weight excluding hydrogens is 359 g/mol. The van der Waals surface area contributed by atoms with Gasteiger partial charge in [0.2, 0.25) is 10.0 Å². The number of rotatable bonds is 4. The van der Waals surface area contributed by atoms with E-state index in [4.69, 9.17) is 0 Å². The second-order valence-corrected chi connectivity index (χ2v) is 8.67. The van der Waals surface area contributed by atoms with E-state index in [1.807, 2.05) is 0 Å². The van der Waals surface area contributed by atoms with Crippen molar-refractivity contribution >= 4 is 26.0 Å². The molecule has 1 aromatic rings. The van der Waals surface area contributed by atoms with E-state index >= 15 is 0 Å². The highest BCUT2D eigenvalue weighted by atomic mass is 79.9. The Balaban J connectivity index is 1.80. The molecule has 3 aliphatic rings. The lowest BCUT2D eigenvalue weighted by Gasteiger charge is -2.52. The van der Waals surface area contributed by atoms with Gasteiger partial charge in [-0.25, -0.2) is 17.5 Å². The zero-order chi connectivity index (χ0) is 15.2. The third-order valence-corrected chi connectivity index (χ3v) is 5.70. The van der Waals surface area contributed by atoms with Crippen LogP contribution in [0.3, 0.4) is 0 Å². The molecule has 2 saturated heterocycles. The molecule has 4 nitrogen and oxygen atoms in total. The summed E-state index contributed by atoms with van der Waals surface area (Å²) in [5, 5.41) is 3.44. The van der Waals surface area contributed by atoms with Crippen molar-refractivity contribution in [2.24, 2.45) is 5.92 Å². The van der Waals surface area contributed by atoms with E-state index in [9.17, 15) is 12.8 Å². The van der Waals surface area contributed by atoms with Gasteiger partial charge in [-0.15, -0.1) is 0 Å². The van der Waals surface area contributed by atoms with Gasteiger partial charge in [-0.3, -0.25) is 0 Å². The van der Waals surface area contributed by atoms with Crippen LogP contribution in [0.15, 0.2) is 22.7 Å². The lowest BCUT2D eigenvalue weighted by atomic mass is 9.68. The maximum Gasteiger partial charge on any atom is 0.209 e. The van der Waals surface area contributed by atoms with Crippen LogP contribution in [0.5, 0.6) is 0 Å². The number of hydrogen-bond acceptors (Lipinski definition) is 3. The number of benzene rings is 1. The Morgan fingerprint density at radius 3 is 2.81 bits per heavy atom. The van der Waals surface area contributed by atoms with Crippen LogP contribution in [0, 0.1) is 11.7 Å². The van der Waals surface area contributed by atoms with E-state index in [0.29, 0.717) is 28.4 Å². The first-order valence-electron chi connectivity index (χ1n) is 7.00. The molecule has 2 bridgehead atoms. The minimum absolute atomic E-state index is 0.0685. The number of sulfonamides is 1. The van der Waals surface area contributed by atoms with Crippen LogP contribution in [0.4, 0.5) is 4.39 Å². The molecule has 21 heavy (non-hydrogen) atoms. The fourth-order valence-electron chi connectivity index (χ4n) is 3.38. The largest absolute Gasteiger partial charge is 0.309 e. The quantitative estimate of drug-likeness (QED) is 0.842. The van der Waals surface area contributed by atoms with Gasteiger partial charge in [0.05, 0.1) is 10.7 Å². The molecule has 7 heteroatoms. The highest BCUT2D eigenvalue weighted by Crippen LogP contribution is 2.38. The second kappa shape index (κ2) is 5.61. The van der Waals surface area contributed by atoms with Crippen molar-refractivity contribution in [3.63, 3.8) is 0 Å². The topological polar surface area (TPSA) is 58.2 Å². The standard InChI is InChI=1S/C14H18BrFN2O2S/c1-21(19,20)18-14-9-5-10(6-9)17-12(14)7-8-3-2-4-11(15)13(8)16/h2-4,9-10,12,14,17-18H,5-7H2,1H3/t9?,10?,12-,14-/m0/s1. The molecule has 0 radical (unpaired) electrons. The van der Waals surface area contributed by atoms with Crippen LogP contribution in [-0.2, 0) is 16.4 Å². The summed E-state index contributed by atoms with van der Waals surface area (Å²) in [5.74, 6) is 0.0860. The third kappa shape index (κ3) is 3.31. The summed E-state index contributed by atoms with van der Waals surface area (Å²) >= 11 is 3.19. The molecule has 3 fully saturated rings. The van der Waals surface area contributed by atoms with E-state index < -0.39 is 10.0 Å². The Kier molecular flexibility index (Phi) is 4.11. The first-order valence-corrected chi connectivity index (χ1v) is 9.68. The van der Waals surface area contributed by atoms with E-state index in [1.54, 1.807) is 18.2 Å². The van der Waals surface area contributed by atoms with E-state index in [2.05, 4.69) is 26.0 Å².